The Hall–Kier alpha value is -2.72. The second-order valence-corrected chi connectivity index (χ2v) is 10.6. The van der Waals surface area contributed by atoms with Crippen LogP contribution >= 0.6 is 0 Å². The normalized spacial score (nSPS) is 17.8. The van der Waals surface area contributed by atoms with Crippen molar-refractivity contribution in [2.24, 2.45) is 0 Å². The van der Waals surface area contributed by atoms with E-state index in [-0.39, 0.29) is 0 Å². The molecule has 0 amide bonds. The molecule has 0 aliphatic carbocycles. The fraction of sp³-hybridized carbons (Fsp3) is 0.440. The third-order valence-electron chi connectivity index (χ3n) is 5.95. The molecule has 35 heavy (non-hydrogen) atoms. The van der Waals surface area contributed by atoms with Crippen LogP contribution in [0.4, 0.5) is 18.9 Å². The van der Waals surface area contributed by atoms with E-state index in [1.54, 1.807) is 0 Å². The highest BCUT2D eigenvalue weighted by Gasteiger charge is 2.37. The Bertz CT molecular complexity index is 1120. The number of alkyl halides is 3. The van der Waals surface area contributed by atoms with E-state index in [2.05, 4.69) is 92.2 Å². The van der Waals surface area contributed by atoms with E-state index < -0.39 is 15.6 Å². The van der Waals surface area contributed by atoms with Crippen LogP contribution in [0.3, 0.4) is 0 Å². The SMILES string of the molecule is CC(C)c1cccc(C(C)C)c1N1C=C2OC[C@H](Cc3ccccc3)N2C1.O=S(=O)([O-])C(F)(F)F. The highest BCUT2D eigenvalue weighted by Crippen LogP contribution is 2.39. The summed E-state index contributed by atoms with van der Waals surface area (Å²) in [4.78, 5) is 4.82. The first-order valence-electron chi connectivity index (χ1n) is 11.4. The summed E-state index contributed by atoms with van der Waals surface area (Å²) >= 11 is 0. The van der Waals surface area contributed by atoms with E-state index in [9.17, 15) is 13.2 Å². The lowest BCUT2D eigenvalue weighted by atomic mass is 9.92. The molecule has 1 saturated heterocycles. The third kappa shape index (κ3) is 6.29. The van der Waals surface area contributed by atoms with Crippen molar-refractivity contribution < 1.29 is 30.9 Å². The second kappa shape index (κ2) is 10.5. The monoisotopic (exact) mass is 511 g/mol. The van der Waals surface area contributed by atoms with Crippen LogP contribution in [0.5, 0.6) is 0 Å². The molecule has 0 unspecified atom stereocenters. The number of benzene rings is 2. The molecule has 6 nitrogen and oxygen atoms in total. The van der Waals surface area contributed by atoms with Gasteiger partial charge < -0.3 is 19.1 Å². The molecule has 2 aromatic carbocycles. The molecule has 2 aliphatic rings. The van der Waals surface area contributed by atoms with Gasteiger partial charge in [0, 0.05) is 5.69 Å². The Kier molecular flexibility index (Phi) is 8.06. The van der Waals surface area contributed by atoms with Crippen molar-refractivity contribution in [1.82, 2.24) is 4.90 Å². The molecule has 0 saturated carbocycles. The summed E-state index contributed by atoms with van der Waals surface area (Å²) in [6.45, 7) is 10.8. The van der Waals surface area contributed by atoms with Crippen LogP contribution in [0.1, 0.15) is 56.2 Å². The highest BCUT2D eigenvalue weighted by molar-refractivity contribution is 7.86. The molecule has 4 rings (SSSR count). The molecule has 1 fully saturated rings. The number of hydrogen-bond donors (Lipinski definition) is 0. The molecule has 1 atom stereocenters. The Morgan fingerprint density at radius 1 is 1.00 bits per heavy atom. The van der Waals surface area contributed by atoms with Gasteiger partial charge in [-0.05, 0) is 34.9 Å². The van der Waals surface area contributed by atoms with Crippen LogP contribution in [-0.4, -0.2) is 42.7 Å². The zero-order valence-corrected chi connectivity index (χ0v) is 20.9. The van der Waals surface area contributed by atoms with Crippen molar-refractivity contribution in [2.75, 3.05) is 18.2 Å². The van der Waals surface area contributed by atoms with Gasteiger partial charge in [-0.15, -0.1) is 0 Å². The zero-order valence-electron chi connectivity index (χ0n) is 20.1. The molecule has 0 spiro atoms. The molecule has 2 aromatic rings. The molecule has 2 aliphatic heterocycles. The first-order chi connectivity index (χ1) is 16.3. The van der Waals surface area contributed by atoms with E-state index >= 15 is 0 Å². The zero-order chi connectivity index (χ0) is 26.0. The number of ether oxygens (including phenoxy) is 1. The minimum Gasteiger partial charge on any atom is -0.741 e. The van der Waals surface area contributed by atoms with E-state index in [1.807, 2.05) is 0 Å². The maximum Gasteiger partial charge on any atom is 0.485 e. The number of halogens is 3. The summed E-state index contributed by atoms with van der Waals surface area (Å²) in [5.41, 5.74) is -0.0760. The first kappa shape index (κ1) is 26.9. The number of nitrogens with zero attached hydrogens (tertiary/aromatic N) is 2. The Balaban J connectivity index is 0.000000371. The van der Waals surface area contributed by atoms with Gasteiger partial charge >= 0.3 is 5.51 Å². The molecule has 2 heterocycles. The minimum absolute atomic E-state index is 0.400. The maximum absolute atomic E-state index is 10.7. The second-order valence-electron chi connectivity index (χ2n) is 9.20. The molecule has 0 aromatic heterocycles. The van der Waals surface area contributed by atoms with Crippen LogP contribution in [0.15, 0.2) is 60.6 Å². The van der Waals surface area contributed by atoms with Gasteiger partial charge in [0.25, 0.3) is 0 Å². The molecule has 192 valence electrons. The quantitative estimate of drug-likeness (QED) is 0.390. The third-order valence-corrected chi connectivity index (χ3v) is 6.51. The van der Waals surface area contributed by atoms with Gasteiger partial charge in [0.05, 0.1) is 18.9 Å². The Morgan fingerprint density at radius 2 is 1.54 bits per heavy atom. The average molecular weight is 512 g/mol. The predicted molar refractivity (Wildman–Crippen MR) is 128 cm³/mol. The van der Waals surface area contributed by atoms with Gasteiger partial charge in [0.2, 0.25) is 5.88 Å². The minimum atomic E-state index is -6.09. The topological polar surface area (TPSA) is 72.9 Å². The van der Waals surface area contributed by atoms with Crippen molar-refractivity contribution in [3.05, 3.63) is 77.3 Å². The lowest BCUT2D eigenvalue weighted by molar-refractivity contribution is -0.0517. The molecule has 10 heteroatoms. The van der Waals surface area contributed by atoms with Gasteiger partial charge in [-0.3, -0.25) is 0 Å². The summed E-state index contributed by atoms with van der Waals surface area (Å²) in [6.07, 6.45) is 3.23. The van der Waals surface area contributed by atoms with Gasteiger partial charge in [0.1, 0.15) is 6.61 Å². The maximum atomic E-state index is 10.7. The van der Waals surface area contributed by atoms with E-state index in [0.717, 1.165) is 25.6 Å². The fourth-order valence-corrected chi connectivity index (χ4v) is 4.20. The van der Waals surface area contributed by atoms with E-state index in [0.29, 0.717) is 17.9 Å². The molecule has 0 radical (unpaired) electrons. The average Bonchev–Trinajstić information content (AvgIpc) is 3.34. The summed E-state index contributed by atoms with van der Waals surface area (Å²) in [5, 5.41) is 0. The van der Waals surface area contributed by atoms with Crippen molar-refractivity contribution in [3.63, 3.8) is 0 Å². The number of fused-ring (bicyclic) bond motifs is 1. The standard InChI is InChI=1S/C24H30N2O.CHF3O3S/c1-17(2)21-11-8-12-22(18(3)4)24(21)25-14-23-26(16-25)20(15-27-23)13-19-9-6-5-7-10-19;2-1(3,4)8(5,6)7/h5-12,14,17-18,20H,13,15-16H2,1-4H3;(H,5,6,7)/p-1/t20-;/m0./s1. The van der Waals surface area contributed by atoms with Crippen molar-refractivity contribution in [1.29, 1.82) is 0 Å². The smallest absolute Gasteiger partial charge is 0.485 e. The number of rotatable bonds is 5. The first-order valence-corrected chi connectivity index (χ1v) is 12.8. The number of anilines is 1. The summed E-state index contributed by atoms with van der Waals surface area (Å²) in [6, 6.07) is 17.9. The highest BCUT2D eigenvalue weighted by atomic mass is 32.2. The number of para-hydroxylation sites is 1. The van der Waals surface area contributed by atoms with E-state index in [4.69, 9.17) is 17.7 Å². The van der Waals surface area contributed by atoms with Gasteiger partial charge in [0.15, 0.2) is 10.1 Å². The summed E-state index contributed by atoms with van der Waals surface area (Å²) < 4.78 is 65.0. The van der Waals surface area contributed by atoms with Gasteiger partial charge in [-0.1, -0.05) is 76.2 Å². The van der Waals surface area contributed by atoms with Crippen molar-refractivity contribution in [2.45, 2.75) is 57.5 Å². The van der Waals surface area contributed by atoms with Crippen LogP contribution in [-0.2, 0) is 21.3 Å². The Morgan fingerprint density at radius 3 is 2.03 bits per heavy atom. The van der Waals surface area contributed by atoms with E-state index in [1.165, 1.54) is 22.4 Å². The van der Waals surface area contributed by atoms with Crippen molar-refractivity contribution in [3.8, 4) is 0 Å². The van der Waals surface area contributed by atoms with Crippen LogP contribution in [0.25, 0.3) is 0 Å². The fourth-order valence-electron chi connectivity index (χ4n) is 4.20. The van der Waals surface area contributed by atoms with Crippen LogP contribution in [0.2, 0.25) is 0 Å². The molecule has 0 N–H and O–H groups in total. The molecular formula is C25H30F3N2O4S-. The number of hydrogen-bond acceptors (Lipinski definition) is 6. The van der Waals surface area contributed by atoms with Crippen LogP contribution in [0, 0.1) is 0 Å². The largest absolute Gasteiger partial charge is 0.741 e. The lowest BCUT2D eigenvalue weighted by Crippen LogP contribution is -2.35. The van der Waals surface area contributed by atoms with Crippen LogP contribution < -0.4 is 4.90 Å². The van der Waals surface area contributed by atoms with Crippen molar-refractivity contribution >= 4 is 15.8 Å². The van der Waals surface area contributed by atoms with Gasteiger partial charge in [-0.2, -0.15) is 13.2 Å². The predicted octanol–water partition coefficient (Wildman–Crippen LogP) is 5.50. The summed E-state index contributed by atoms with van der Waals surface area (Å²) in [5.74, 6) is 2.01. The molecular weight excluding hydrogens is 481 g/mol. The Labute approximate surface area is 204 Å². The van der Waals surface area contributed by atoms with Gasteiger partial charge in [-0.25, -0.2) is 8.42 Å². The summed E-state index contributed by atoms with van der Waals surface area (Å²) in [7, 11) is -6.09. The lowest BCUT2D eigenvalue weighted by Gasteiger charge is -2.29. The molecule has 0 bridgehead atoms.